The molecule has 0 spiro atoms. The lowest BCUT2D eigenvalue weighted by Crippen LogP contribution is -2.52. The Labute approximate surface area is 94.9 Å². The van der Waals surface area contributed by atoms with Crippen LogP contribution in [-0.2, 0) is 0 Å². The van der Waals surface area contributed by atoms with Crippen LogP contribution >= 0.6 is 0 Å². The zero-order valence-corrected chi connectivity index (χ0v) is 9.60. The molecule has 16 heavy (non-hydrogen) atoms. The minimum atomic E-state index is -0.0264. The zero-order valence-electron chi connectivity index (χ0n) is 9.60. The van der Waals surface area contributed by atoms with Crippen molar-refractivity contribution in [1.29, 1.82) is 0 Å². The molecule has 5 heteroatoms. The number of nitrogens with zero attached hydrogens (tertiary/aromatic N) is 3. The first kappa shape index (κ1) is 11.0. The van der Waals surface area contributed by atoms with Gasteiger partial charge in [0.1, 0.15) is 5.69 Å². The van der Waals surface area contributed by atoms with Gasteiger partial charge in [0.15, 0.2) is 0 Å². The molecule has 0 saturated carbocycles. The molecule has 1 fully saturated rings. The maximum Gasteiger partial charge on any atom is 0.274 e. The number of amides is 1. The molecule has 1 amide bonds. The summed E-state index contributed by atoms with van der Waals surface area (Å²) < 4.78 is 0. The van der Waals surface area contributed by atoms with E-state index in [0.29, 0.717) is 5.69 Å². The zero-order chi connectivity index (χ0) is 11.5. The van der Waals surface area contributed by atoms with Gasteiger partial charge in [0.2, 0.25) is 0 Å². The van der Waals surface area contributed by atoms with E-state index in [-0.39, 0.29) is 11.9 Å². The summed E-state index contributed by atoms with van der Waals surface area (Å²) in [5.74, 6) is -0.0264. The first-order valence-electron chi connectivity index (χ1n) is 5.49. The van der Waals surface area contributed by atoms with Crippen molar-refractivity contribution in [3.8, 4) is 0 Å². The van der Waals surface area contributed by atoms with Crippen LogP contribution in [0, 0.1) is 6.92 Å². The third kappa shape index (κ3) is 2.19. The third-order valence-corrected chi connectivity index (χ3v) is 2.76. The standard InChI is InChI=1S/C11H16N4O/c1-8-5-14-10(7-13-8)11(16)15-4-3-12-6-9(15)2/h5,7,9,12H,3-4,6H2,1-2H3. The third-order valence-electron chi connectivity index (χ3n) is 2.76. The molecule has 1 aromatic heterocycles. The van der Waals surface area contributed by atoms with Crippen molar-refractivity contribution in [2.45, 2.75) is 19.9 Å². The summed E-state index contributed by atoms with van der Waals surface area (Å²) in [6.45, 7) is 6.30. The van der Waals surface area contributed by atoms with Crippen molar-refractivity contribution in [3.63, 3.8) is 0 Å². The number of aromatic nitrogens is 2. The Morgan fingerprint density at radius 2 is 2.31 bits per heavy atom. The number of carbonyl (C=O) groups excluding carboxylic acids is 1. The van der Waals surface area contributed by atoms with Gasteiger partial charge in [-0.1, -0.05) is 0 Å². The molecule has 1 aromatic rings. The lowest BCUT2D eigenvalue weighted by molar-refractivity contribution is 0.0649. The fourth-order valence-electron chi connectivity index (χ4n) is 1.79. The van der Waals surface area contributed by atoms with Gasteiger partial charge in [-0.2, -0.15) is 0 Å². The number of nitrogens with one attached hydrogen (secondary N) is 1. The molecule has 1 N–H and O–H groups in total. The van der Waals surface area contributed by atoms with E-state index < -0.39 is 0 Å². The van der Waals surface area contributed by atoms with Crippen LogP contribution in [0.2, 0.25) is 0 Å². The van der Waals surface area contributed by atoms with Crippen LogP contribution < -0.4 is 5.32 Å². The molecule has 1 saturated heterocycles. The summed E-state index contributed by atoms with van der Waals surface area (Å²) in [6.07, 6.45) is 3.17. The minimum Gasteiger partial charge on any atom is -0.332 e. The lowest BCUT2D eigenvalue weighted by atomic mass is 10.2. The molecule has 0 aliphatic carbocycles. The highest BCUT2D eigenvalue weighted by Crippen LogP contribution is 2.07. The monoisotopic (exact) mass is 220 g/mol. The SMILES string of the molecule is Cc1cnc(C(=O)N2CCNCC2C)cn1. The first-order valence-corrected chi connectivity index (χ1v) is 5.49. The molecule has 0 aromatic carbocycles. The van der Waals surface area contributed by atoms with Gasteiger partial charge < -0.3 is 10.2 Å². The van der Waals surface area contributed by atoms with Gasteiger partial charge >= 0.3 is 0 Å². The average molecular weight is 220 g/mol. The Morgan fingerprint density at radius 1 is 1.50 bits per heavy atom. The van der Waals surface area contributed by atoms with Crippen LogP contribution in [0.1, 0.15) is 23.1 Å². The summed E-state index contributed by atoms with van der Waals surface area (Å²) in [7, 11) is 0. The van der Waals surface area contributed by atoms with E-state index in [1.165, 1.54) is 0 Å². The molecule has 2 heterocycles. The van der Waals surface area contributed by atoms with Crippen LogP contribution in [0.3, 0.4) is 0 Å². The van der Waals surface area contributed by atoms with Crippen LogP contribution in [0.15, 0.2) is 12.4 Å². The molecular weight excluding hydrogens is 204 g/mol. The van der Waals surface area contributed by atoms with Gasteiger partial charge in [-0.05, 0) is 13.8 Å². The summed E-state index contributed by atoms with van der Waals surface area (Å²) in [5, 5.41) is 3.25. The van der Waals surface area contributed by atoms with Gasteiger partial charge in [0.25, 0.3) is 5.91 Å². The summed E-state index contributed by atoms with van der Waals surface area (Å²) >= 11 is 0. The van der Waals surface area contributed by atoms with Crippen LogP contribution in [0.5, 0.6) is 0 Å². The fraction of sp³-hybridized carbons (Fsp3) is 0.545. The van der Waals surface area contributed by atoms with E-state index in [2.05, 4.69) is 15.3 Å². The van der Waals surface area contributed by atoms with E-state index in [9.17, 15) is 4.79 Å². The predicted octanol–water partition coefficient (Wildman–Crippen LogP) is 0.219. The largest absolute Gasteiger partial charge is 0.332 e. The van der Waals surface area contributed by atoms with Crippen LogP contribution in [0.4, 0.5) is 0 Å². The second-order valence-electron chi connectivity index (χ2n) is 4.09. The van der Waals surface area contributed by atoms with Crippen molar-refractivity contribution in [2.24, 2.45) is 0 Å². The number of rotatable bonds is 1. The second kappa shape index (κ2) is 4.57. The quantitative estimate of drug-likeness (QED) is 0.735. The summed E-state index contributed by atoms with van der Waals surface area (Å²) in [6, 6.07) is 0.212. The van der Waals surface area contributed by atoms with Gasteiger partial charge in [-0.15, -0.1) is 0 Å². The van der Waals surface area contributed by atoms with Crippen molar-refractivity contribution in [1.82, 2.24) is 20.2 Å². The van der Waals surface area contributed by atoms with Crippen LogP contribution in [0.25, 0.3) is 0 Å². The lowest BCUT2D eigenvalue weighted by Gasteiger charge is -2.33. The normalized spacial score (nSPS) is 20.9. The molecule has 1 aliphatic heterocycles. The molecule has 1 aliphatic rings. The van der Waals surface area contributed by atoms with E-state index in [0.717, 1.165) is 25.3 Å². The predicted molar refractivity (Wildman–Crippen MR) is 60.1 cm³/mol. The second-order valence-corrected chi connectivity index (χ2v) is 4.09. The minimum absolute atomic E-state index is 0.0264. The highest BCUT2D eigenvalue weighted by molar-refractivity contribution is 5.92. The van der Waals surface area contributed by atoms with Gasteiger partial charge in [-0.3, -0.25) is 9.78 Å². The fourth-order valence-corrected chi connectivity index (χ4v) is 1.79. The molecule has 86 valence electrons. The Bertz CT molecular complexity index is 376. The molecule has 0 radical (unpaired) electrons. The van der Waals surface area contributed by atoms with Crippen LogP contribution in [-0.4, -0.2) is 46.5 Å². The number of carbonyl (C=O) groups is 1. The molecule has 1 unspecified atom stereocenters. The summed E-state index contributed by atoms with van der Waals surface area (Å²) in [4.78, 5) is 22.2. The summed E-state index contributed by atoms with van der Waals surface area (Å²) in [5.41, 5.74) is 1.25. The number of piperazine rings is 1. The maximum absolute atomic E-state index is 12.1. The number of hydrogen-bond donors (Lipinski definition) is 1. The van der Waals surface area contributed by atoms with Crippen molar-refractivity contribution < 1.29 is 4.79 Å². The van der Waals surface area contributed by atoms with Crippen molar-refractivity contribution in [3.05, 3.63) is 23.8 Å². The van der Waals surface area contributed by atoms with E-state index in [4.69, 9.17) is 0 Å². The van der Waals surface area contributed by atoms with E-state index in [1.807, 2.05) is 18.7 Å². The Morgan fingerprint density at radius 3 is 2.94 bits per heavy atom. The van der Waals surface area contributed by atoms with E-state index in [1.54, 1.807) is 12.4 Å². The van der Waals surface area contributed by atoms with Gasteiger partial charge in [0, 0.05) is 31.9 Å². The smallest absolute Gasteiger partial charge is 0.274 e. The topological polar surface area (TPSA) is 58.1 Å². The Kier molecular flexibility index (Phi) is 3.14. The Balaban J connectivity index is 2.14. The van der Waals surface area contributed by atoms with E-state index >= 15 is 0 Å². The average Bonchev–Trinajstić information content (AvgIpc) is 2.30. The molecule has 1 atom stereocenters. The van der Waals surface area contributed by atoms with Gasteiger partial charge in [-0.25, -0.2) is 4.98 Å². The van der Waals surface area contributed by atoms with Crippen molar-refractivity contribution >= 4 is 5.91 Å². The number of hydrogen-bond acceptors (Lipinski definition) is 4. The van der Waals surface area contributed by atoms with Gasteiger partial charge in [0.05, 0.1) is 11.9 Å². The highest BCUT2D eigenvalue weighted by atomic mass is 16.2. The maximum atomic E-state index is 12.1. The molecule has 5 nitrogen and oxygen atoms in total. The highest BCUT2D eigenvalue weighted by Gasteiger charge is 2.24. The molecular formula is C11H16N4O. The Hall–Kier alpha value is -1.49. The number of aryl methyl sites for hydroxylation is 1. The van der Waals surface area contributed by atoms with Crippen molar-refractivity contribution in [2.75, 3.05) is 19.6 Å². The molecule has 0 bridgehead atoms. The molecule has 2 rings (SSSR count). The first-order chi connectivity index (χ1) is 7.68.